The van der Waals surface area contributed by atoms with Gasteiger partial charge in [0.25, 0.3) is 11.6 Å². The van der Waals surface area contributed by atoms with Gasteiger partial charge < -0.3 is 5.32 Å². The summed E-state index contributed by atoms with van der Waals surface area (Å²) in [4.78, 5) is 27.4. The Labute approximate surface area is 173 Å². The predicted molar refractivity (Wildman–Crippen MR) is 107 cm³/mol. The summed E-state index contributed by atoms with van der Waals surface area (Å²) in [6.45, 7) is 0. The summed E-state index contributed by atoms with van der Waals surface area (Å²) >= 11 is 1.38. The van der Waals surface area contributed by atoms with Gasteiger partial charge >= 0.3 is 0 Å². The van der Waals surface area contributed by atoms with Gasteiger partial charge in [-0.25, -0.2) is 9.67 Å². The number of rotatable bonds is 6. The Morgan fingerprint density at radius 1 is 1.23 bits per heavy atom. The lowest BCUT2D eigenvalue weighted by Gasteiger charge is -2.09. The Hall–Kier alpha value is -4.13. The molecular weight excluding hydrogens is 410 g/mol. The molecule has 0 radical (unpaired) electrons. The van der Waals surface area contributed by atoms with Crippen molar-refractivity contribution in [2.24, 2.45) is 0 Å². The lowest BCUT2D eigenvalue weighted by atomic mass is 10.1. The van der Waals surface area contributed by atoms with Crippen molar-refractivity contribution >= 4 is 29.0 Å². The number of tetrazole rings is 1. The maximum atomic E-state index is 12.7. The van der Waals surface area contributed by atoms with Crippen LogP contribution in [0.5, 0.6) is 0 Å². The molecule has 1 amide bonds. The van der Waals surface area contributed by atoms with Crippen molar-refractivity contribution in [3.05, 3.63) is 70.8 Å². The number of benzene rings is 2. The highest BCUT2D eigenvalue weighted by atomic mass is 32.2. The number of anilines is 1. The minimum Gasteiger partial charge on any atom is -0.322 e. The number of aromatic nitrogens is 7. The molecule has 30 heavy (non-hydrogen) atoms. The number of thioether (sulfide) groups is 1. The van der Waals surface area contributed by atoms with Crippen LogP contribution >= 0.6 is 11.8 Å². The van der Waals surface area contributed by atoms with E-state index in [9.17, 15) is 14.9 Å². The largest absolute Gasteiger partial charge is 0.322 e. The fraction of sp³-hybridized carbons (Fsp3) is 0.0588. The molecule has 0 aliphatic heterocycles. The molecule has 12 nitrogen and oxygen atoms in total. The third-order valence-corrected chi connectivity index (χ3v) is 4.69. The zero-order chi connectivity index (χ0) is 21.1. The van der Waals surface area contributed by atoms with E-state index in [2.05, 4.69) is 30.9 Å². The Kier molecular flexibility index (Phi) is 5.17. The van der Waals surface area contributed by atoms with Gasteiger partial charge in [0.1, 0.15) is 18.3 Å². The number of nitrogens with zero attached hydrogens (tertiary/aromatic N) is 8. The average Bonchev–Trinajstić information content (AvgIpc) is 3.45. The van der Waals surface area contributed by atoms with Crippen LogP contribution in [0.25, 0.3) is 11.4 Å². The van der Waals surface area contributed by atoms with E-state index in [1.54, 1.807) is 24.3 Å². The summed E-state index contributed by atoms with van der Waals surface area (Å²) in [5.41, 5.74) is 1.22. The zero-order valence-electron chi connectivity index (χ0n) is 15.4. The molecule has 0 bridgehead atoms. The van der Waals surface area contributed by atoms with Gasteiger partial charge in [-0.2, -0.15) is 9.78 Å². The first kappa shape index (κ1) is 19.2. The molecule has 2 aromatic heterocycles. The fourth-order valence-electron chi connectivity index (χ4n) is 2.72. The van der Waals surface area contributed by atoms with Gasteiger partial charge in [-0.15, -0.1) is 5.10 Å². The molecule has 13 heteroatoms. The highest BCUT2D eigenvalue weighted by molar-refractivity contribution is 7.98. The monoisotopic (exact) mass is 423 g/mol. The van der Waals surface area contributed by atoms with Crippen molar-refractivity contribution in [2.45, 2.75) is 5.16 Å². The molecule has 0 fully saturated rings. The highest BCUT2D eigenvalue weighted by Gasteiger charge is 2.19. The van der Waals surface area contributed by atoms with Crippen LogP contribution in [-0.4, -0.2) is 52.1 Å². The normalized spacial score (nSPS) is 10.7. The van der Waals surface area contributed by atoms with E-state index in [0.29, 0.717) is 16.5 Å². The SMILES string of the molecule is CSc1nnnn1-c1cccc(NC(=O)c2ccc(-n3cncn3)c([N+](=O)[O-])c2)c1. The van der Waals surface area contributed by atoms with Gasteiger partial charge in [-0.05, 0) is 47.0 Å². The van der Waals surface area contributed by atoms with E-state index >= 15 is 0 Å². The minimum atomic E-state index is -0.573. The molecule has 0 aliphatic carbocycles. The van der Waals surface area contributed by atoms with Gasteiger partial charge in [-0.1, -0.05) is 17.8 Å². The van der Waals surface area contributed by atoms with Crippen LogP contribution in [0.3, 0.4) is 0 Å². The molecule has 1 N–H and O–H groups in total. The Bertz CT molecular complexity index is 1220. The van der Waals surface area contributed by atoms with Crippen molar-refractivity contribution in [3.8, 4) is 11.4 Å². The first-order chi connectivity index (χ1) is 14.6. The average molecular weight is 423 g/mol. The Morgan fingerprint density at radius 2 is 2.10 bits per heavy atom. The van der Waals surface area contributed by atoms with E-state index in [1.807, 2.05) is 6.26 Å². The van der Waals surface area contributed by atoms with E-state index < -0.39 is 10.8 Å². The zero-order valence-corrected chi connectivity index (χ0v) is 16.2. The van der Waals surface area contributed by atoms with Crippen molar-refractivity contribution in [1.29, 1.82) is 0 Å². The second-order valence-electron chi connectivity index (χ2n) is 5.88. The third kappa shape index (κ3) is 3.73. The van der Waals surface area contributed by atoms with Crippen molar-refractivity contribution in [3.63, 3.8) is 0 Å². The molecule has 4 aromatic rings. The van der Waals surface area contributed by atoms with E-state index in [-0.39, 0.29) is 16.9 Å². The number of carbonyl (C=O) groups is 1. The number of nitro benzene ring substituents is 1. The maximum absolute atomic E-state index is 12.7. The number of amides is 1. The number of hydrogen-bond donors (Lipinski definition) is 1. The molecule has 2 heterocycles. The first-order valence-electron chi connectivity index (χ1n) is 8.44. The lowest BCUT2D eigenvalue weighted by molar-refractivity contribution is -0.384. The number of carbonyl (C=O) groups excluding carboxylic acids is 1. The molecule has 0 atom stereocenters. The molecular formula is C17H13N9O3S. The molecule has 4 rings (SSSR count). The van der Waals surface area contributed by atoms with Crippen molar-refractivity contribution in [2.75, 3.05) is 11.6 Å². The molecule has 0 unspecified atom stereocenters. The van der Waals surface area contributed by atoms with E-state index in [4.69, 9.17) is 0 Å². The van der Waals surface area contributed by atoms with Gasteiger partial charge in [-0.3, -0.25) is 14.9 Å². The third-order valence-electron chi connectivity index (χ3n) is 4.07. The predicted octanol–water partition coefficient (Wildman–Crippen LogP) is 2.13. The van der Waals surface area contributed by atoms with Crippen molar-refractivity contribution in [1.82, 2.24) is 35.0 Å². The fourth-order valence-corrected chi connectivity index (χ4v) is 3.16. The van der Waals surface area contributed by atoms with E-state index in [0.717, 1.165) is 0 Å². The van der Waals surface area contributed by atoms with Gasteiger partial charge in [0, 0.05) is 17.3 Å². The number of hydrogen-bond acceptors (Lipinski definition) is 9. The quantitative estimate of drug-likeness (QED) is 0.280. The van der Waals surface area contributed by atoms with Gasteiger partial charge in [0.05, 0.1) is 10.6 Å². The summed E-state index contributed by atoms with van der Waals surface area (Å²) in [6.07, 6.45) is 4.46. The lowest BCUT2D eigenvalue weighted by Crippen LogP contribution is -2.13. The van der Waals surface area contributed by atoms with Gasteiger partial charge in [0.2, 0.25) is 5.16 Å². The molecule has 0 saturated heterocycles. The van der Waals surface area contributed by atoms with Crippen LogP contribution in [0.2, 0.25) is 0 Å². The standard InChI is InChI=1S/C17H13N9O3S/c1-30-17-21-22-23-25(17)13-4-2-3-12(8-13)20-16(27)11-5-6-14(15(7-11)26(28)29)24-10-18-9-19-24/h2-10H,1H3,(H,20,27). The highest BCUT2D eigenvalue weighted by Crippen LogP contribution is 2.24. The maximum Gasteiger partial charge on any atom is 0.295 e. The summed E-state index contributed by atoms with van der Waals surface area (Å²) < 4.78 is 2.80. The van der Waals surface area contributed by atoms with Crippen LogP contribution in [0.15, 0.2) is 60.3 Å². The molecule has 150 valence electrons. The smallest absolute Gasteiger partial charge is 0.295 e. The van der Waals surface area contributed by atoms with E-state index in [1.165, 1.54) is 52.0 Å². The second kappa shape index (κ2) is 8.08. The second-order valence-corrected chi connectivity index (χ2v) is 6.66. The van der Waals surface area contributed by atoms with Gasteiger partial charge in [0.15, 0.2) is 0 Å². The van der Waals surface area contributed by atoms with Crippen LogP contribution in [0, 0.1) is 10.1 Å². The van der Waals surface area contributed by atoms with Crippen LogP contribution in [0.1, 0.15) is 10.4 Å². The summed E-state index contributed by atoms with van der Waals surface area (Å²) in [5, 5.41) is 30.2. The van der Waals surface area contributed by atoms with Crippen molar-refractivity contribution < 1.29 is 9.72 Å². The minimum absolute atomic E-state index is 0.128. The molecule has 0 aliphatic rings. The van der Waals surface area contributed by atoms with Crippen LogP contribution in [-0.2, 0) is 0 Å². The Balaban J connectivity index is 1.61. The number of nitrogens with one attached hydrogen (secondary N) is 1. The summed E-state index contributed by atoms with van der Waals surface area (Å²) in [5.74, 6) is -0.498. The molecule has 0 spiro atoms. The summed E-state index contributed by atoms with van der Waals surface area (Å²) in [7, 11) is 0. The van der Waals surface area contributed by atoms with Crippen LogP contribution < -0.4 is 5.32 Å². The Morgan fingerprint density at radius 3 is 2.83 bits per heavy atom. The van der Waals surface area contributed by atoms with Crippen LogP contribution in [0.4, 0.5) is 11.4 Å². The summed E-state index contributed by atoms with van der Waals surface area (Å²) in [6, 6.07) is 11.1. The topological polar surface area (TPSA) is 147 Å². The molecule has 2 aromatic carbocycles. The number of nitro groups is 1. The molecule has 0 saturated carbocycles. The first-order valence-corrected chi connectivity index (χ1v) is 9.67.